The molecule has 2 aromatic heterocycles. The molecule has 0 fully saturated rings. The second-order valence-corrected chi connectivity index (χ2v) is 9.09. The Morgan fingerprint density at radius 1 is 1.06 bits per heavy atom. The summed E-state index contributed by atoms with van der Waals surface area (Å²) in [6.07, 6.45) is 5.72. The summed E-state index contributed by atoms with van der Waals surface area (Å²) in [5, 5.41) is 7.55. The molecule has 1 aromatic carbocycles. The molecule has 4 rings (SSSR count). The number of nitrogens with zero attached hydrogens (tertiary/aromatic N) is 3. The molecule has 6 nitrogen and oxygen atoms in total. The van der Waals surface area contributed by atoms with E-state index in [0.717, 1.165) is 61.4 Å². The smallest absolute Gasteiger partial charge is 0.138 e. The molecule has 7 heteroatoms. The highest BCUT2D eigenvalue weighted by Crippen LogP contribution is 2.34. The van der Waals surface area contributed by atoms with Crippen LogP contribution in [0.4, 0.5) is 11.6 Å². The molecule has 1 unspecified atom stereocenters. The first-order valence-corrected chi connectivity index (χ1v) is 12.5. The monoisotopic (exact) mass is 479 g/mol. The fourth-order valence-corrected chi connectivity index (χ4v) is 4.38. The third-order valence-corrected chi connectivity index (χ3v) is 6.58. The summed E-state index contributed by atoms with van der Waals surface area (Å²) in [5.74, 6) is 3.05. The minimum atomic E-state index is 0.358. The van der Waals surface area contributed by atoms with Gasteiger partial charge in [0, 0.05) is 42.3 Å². The molecule has 180 valence electrons. The molecule has 1 aliphatic heterocycles. The zero-order valence-electron chi connectivity index (χ0n) is 20.1. The van der Waals surface area contributed by atoms with Gasteiger partial charge in [0.05, 0.1) is 12.8 Å². The van der Waals surface area contributed by atoms with E-state index in [1.807, 2.05) is 42.7 Å². The number of benzene rings is 1. The van der Waals surface area contributed by atoms with E-state index in [1.54, 1.807) is 0 Å². The van der Waals surface area contributed by atoms with E-state index in [1.165, 1.54) is 16.7 Å². The molecule has 0 radical (unpaired) electrons. The van der Waals surface area contributed by atoms with Crippen molar-refractivity contribution in [3.63, 3.8) is 0 Å². The van der Waals surface area contributed by atoms with Gasteiger partial charge in [-0.25, -0.2) is 9.97 Å². The van der Waals surface area contributed by atoms with Crippen molar-refractivity contribution in [1.82, 2.24) is 14.9 Å². The maximum absolute atomic E-state index is 6.01. The summed E-state index contributed by atoms with van der Waals surface area (Å²) in [7, 11) is 0. The van der Waals surface area contributed by atoms with E-state index in [-0.39, 0.29) is 0 Å². The molecule has 0 aliphatic carbocycles. The fourth-order valence-electron chi connectivity index (χ4n) is 4.26. The SMILES string of the molecule is CCN(CC)CCCOc1cnc2c(c1)C(Cc1ccc(NCc3ccc(Cl)cc3)nc1)CN2. The number of aromatic nitrogens is 2. The van der Waals surface area contributed by atoms with Crippen LogP contribution in [0.25, 0.3) is 0 Å². The van der Waals surface area contributed by atoms with Crippen LogP contribution >= 0.6 is 11.6 Å². The summed E-state index contributed by atoms with van der Waals surface area (Å²) in [5.41, 5.74) is 3.61. The van der Waals surface area contributed by atoms with Gasteiger partial charge >= 0.3 is 0 Å². The van der Waals surface area contributed by atoms with Gasteiger partial charge in [0.15, 0.2) is 0 Å². The average molecular weight is 480 g/mol. The van der Waals surface area contributed by atoms with Crippen molar-refractivity contribution < 1.29 is 4.74 Å². The topological polar surface area (TPSA) is 62.3 Å². The van der Waals surface area contributed by atoms with Gasteiger partial charge in [-0.15, -0.1) is 0 Å². The molecule has 0 saturated heterocycles. The summed E-state index contributed by atoms with van der Waals surface area (Å²) >= 11 is 5.96. The van der Waals surface area contributed by atoms with Crippen molar-refractivity contribution in [1.29, 1.82) is 0 Å². The van der Waals surface area contributed by atoms with Gasteiger partial charge in [-0.05, 0) is 61.3 Å². The number of anilines is 2. The van der Waals surface area contributed by atoms with Crippen molar-refractivity contribution in [2.75, 3.05) is 43.4 Å². The molecule has 2 N–H and O–H groups in total. The quantitative estimate of drug-likeness (QED) is 0.329. The highest BCUT2D eigenvalue weighted by atomic mass is 35.5. The number of fused-ring (bicyclic) bond motifs is 1. The van der Waals surface area contributed by atoms with Gasteiger partial charge in [0.2, 0.25) is 0 Å². The summed E-state index contributed by atoms with van der Waals surface area (Å²) < 4.78 is 6.01. The van der Waals surface area contributed by atoms with E-state index in [0.29, 0.717) is 19.1 Å². The maximum Gasteiger partial charge on any atom is 0.138 e. The predicted octanol–water partition coefficient (Wildman–Crippen LogP) is 5.60. The first-order valence-electron chi connectivity index (χ1n) is 12.2. The first-order chi connectivity index (χ1) is 16.6. The summed E-state index contributed by atoms with van der Waals surface area (Å²) in [6.45, 7) is 9.93. The molecule has 0 bridgehead atoms. The highest BCUT2D eigenvalue weighted by Gasteiger charge is 2.24. The largest absolute Gasteiger partial charge is 0.492 e. The van der Waals surface area contributed by atoms with Crippen LogP contribution in [0.15, 0.2) is 54.9 Å². The van der Waals surface area contributed by atoms with E-state index < -0.39 is 0 Å². The van der Waals surface area contributed by atoms with Crippen molar-refractivity contribution in [3.05, 3.63) is 76.6 Å². The van der Waals surface area contributed by atoms with Crippen LogP contribution in [0.3, 0.4) is 0 Å². The second kappa shape index (κ2) is 12.0. The van der Waals surface area contributed by atoms with Crippen LogP contribution in [0.5, 0.6) is 5.75 Å². The van der Waals surface area contributed by atoms with E-state index >= 15 is 0 Å². The Labute approximate surface area is 207 Å². The summed E-state index contributed by atoms with van der Waals surface area (Å²) in [6, 6.07) is 14.2. The van der Waals surface area contributed by atoms with Crippen LogP contribution < -0.4 is 15.4 Å². The fraction of sp³-hybridized carbons (Fsp3) is 0.407. The number of hydrogen-bond acceptors (Lipinski definition) is 6. The van der Waals surface area contributed by atoms with Crippen LogP contribution in [-0.4, -0.2) is 47.7 Å². The lowest BCUT2D eigenvalue weighted by molar-refractivity contribution is 0.248. The molecule has 3 aromatic rings. The van der Waals surface area contributed by atoms with Gasteiger partial charge < -0.3 is 20.3 Å². The Balaban J connectivity index is 1.29. The maximum atomic E-state index is 6.01. The van der Waals surface area contributed by atoms with Crippen molar-refractivity contribution >= 4 is 23.2 Å². The highest BCUT2D eigenvalue weighted by molar-refractivity contribution is 6.30. The van der Waals surface area contributed by atoms with Gasteiger partial charge in [0.1, 0.15) is 17.4 Å². The third kappa shape index (κ3) is 6.61. The van der Waals surface area contributed by atoms with E-state index in [4.69, 9.17) is 16.3 Å². The molecule has 0 spiro atoms. The van der Waals surface area contributed by atoms with Crippen LogP contribution in [0.2, 0.25) is 5.02 Å². The Morgan fingerprint density at radius 3 is 2.59 bits per heavy atom. The van der Waals surface area contributed by atoms with E-state index in [2.05, 4.69) is 51.5 Å². The number of pyridine rings is 2. The average Bonchev–Trinajstić information content (AvgIpc) is 3.26. The number of hydrogen-bond donors (Lipinski definition) is 2. The lowest BCUT2D eigenvalue weighted by Crippen LogP contribution is -2.25. The van der Waals surface area contributed by atoms with Crippen molar-refractivity contribution in [2.24, 2.45) is 0 Å². The minimum absolute atomic E-state index is 0.358. The second-order valence-electron chi connectivity index (χ2n) is 8.65. The molecule has 1 aliphatic rings. The predicted molar refractivity (Wildman–Crippen MR) is 140 cm³/mol. The van der Waals surface area contributed by atoms with Crippen molar-refractivity contribution in [2.45, 2.75) is 39.2 Å². The lowest BCUT2D eigenvalue weighted by atomic mass is 9.95. The molecular weight excluding hydrogens is 446 g/mol. The Kier molecular flexibility index (Phi) is 8.61. The number of rotatable bonds is 12. The molecule has 34 heavy (non-hydrogen) atoms. The number of nitrogens with one attached hydrogen (secondary N) is 2. The Morgan fingerprint density at radius 2 is 1.85 bits per heavy atom. The molecular formula is C27H34ClN5O. The zero-order chi connectivity index (χ0) is 23.8. The molecule has 0 amide bonds. The summed E-state index contributed by atoms with van der Waals surface area (Å²) in [4.78, 5) is 11.6. The molecule has 0 saturated carbocycles. The number of halogens is 1. The zero-order valence-corrected chi connectivity index (χ0v) is 20.8. The standard InChI is InChI=1S/C27H34ClN5O/c1-3-33(4-2)12-5-13-34-24-15-25-22(18-31-27(25)32-19-24)14-21-8-11-26(30-17-21)29-16-20-6-9-23(28)10-7-20/h6-11,15,17,19,22H,3-5,12-14,16,18H2,1-2H3,(H,29,30)(H,31,32). The van der Waals surface area contributed by atoms with Crippen LogP contribution in [0.1, 0.15) is 42.9 Å². The third-order valence-electron chi connectivity index (χ3n) is 6.32. The first kappa shape index (κ1) is 24.3. The van der Waals surface area contributed by atoms with Gasteiger partial charge in [-0.2, -0.15) is 0 Å². The van der Waals surface area contributed by atoms with E-state index in [9.17, 15) is 0 Å². The normalized spacial score (nSPS) is 14.6. The van der Waals surface area contributed by atoms with Crippen molar-refractivity contribution in [3.8, 4) is 5.75 Å². The van der Waals surface area contributed by atoms with Gasteiger partial charge in [-0.1, -0.05) is 43.6 Å². The van der Waals surface area contributed by atoms with Gasteiger partial charge in [0.25, 0.3) is 0 Å². The molecule has 1 atom stereocenters. The Hall–Kier alpha value is -2.83. The number of ether oxygens (including phenoxy) is 1. The van der Waals surface area contributed by atoms with Crippen LogP contribution in [-0.2, 0) is 13.0 Å². The Bertz CT molecular complexity index is 1040. The lowest BCUT2D eigenvalue weighted by Gasteiger charge is -2.17. The minimum Gasteiger partial charge on any atom is -0.492 e. The molecule has 3 heterocycles. The van der Waals surface area contributed by atoms with Gasteiger partial charge in [-0.3, -0.25) is 0 Å². The van der Waals surface area contributed by atoms with Crippen LogP contribution in [0, 0.1) is 0 Å².